The van der Waals surface area contributed by atoms with Crippen molar-refractivity contribution >= 4 is 0 Å². The first-order chi connectivity index (χ1) is 8.98. The predicted octanol–water partition coefficient (Wildman–Crippen LogP) is 2.47. The van der Waals surface area contributed by atoms with E-state index in [1.807, 2.05) is 0 Å². The molecule has 1 saturated carbocycles. The van der Waals surface area contributed by atoms with Crippen LogP contribution in [0.1, 0.15) is 39.0 Å². The fourth-order valence-electron chi connectivity index (χ4n) is 3.50. The summed E-state index contributed by atoms with van der Waals surface area (Å²) in [6, 6.07) is 0. The highest BCUT2D eigenvalue weighted by molar-refractivity contribution is 5.20. The minimum atomic E-state index is -0.679. The van der Waals surface area contributed by atoms with Crippen molar-refractivity contribution in [1.82, 2.24) is 0 Å². The lowest BCUT2D eigenvalue weighted by molar-refractivity contribution is -0.104. The Morgan fingerprint density at radius 2 is 2.05 bits per heavy atom. The largest absolute Gasteiger partial charge is 0.501 e. The van der Waals surface area contributed by atoms with Gasteiger partial charge < -0.3 is 19.3 Å². The number of hydrogen-bond acceptors (Lipinski definition) is 4. The molecule has 0 heterocycles. The van der Waals surface area contributed by atoms with E-state index in [0.717, 1.165) is 31.4 Å². The lowest BCUT2D eigenvalue weighted by Gasteiger charge is -2.42. The third-order valence-corrected chi connectivity index (χ3v) is 5.06. The van der Waals surface area contributed by atoms with Crippen LogP contribution in [0.2, 0.25) is 0 Å². The Morgan fingerprint density at radius 1 is 1.37 bits per heavy atom. The molecule has 0 saturated heterocycles. The summed E-state index contributed by atoms with van der Waals surface area (Å²) in [6.07, 6.45) is 6.53. The molecule has 2 aliphatic rings. The Bertz CT molecular complexity index is 348. The Kier molecular flexibility index (Phi) is 4.23. The smallest absolute Gasteiger partial charge is 0.154 e. The molecule has 0 aliphatic heterocycles. The topological polar surface area (TPSA) is 47.9 Å². The van der Waals surface area contributed by atoms with Gasteiger partial charge in [-0.15, -0.1) is 0 Å². The highest BCUT2D eigenvalue weighted by Crippen LogP contribution is 2.65. The maximum absolute atomic E-state index is 9.82. The van der Waals surface area contributed by atoms with Crippen LogP contribution in [0.4, 0.5) is 0 Å². The highest BCUT2D eigenvalue weighted by Gasteiger charge is 2.58. The fraction of sp³-hybridized carbons (Fsp3) is 0.867. The molecule has 0 amide bonds. The van der Waals surface area contributed by atoms with Crippen molar-refractivity contribution < 1.29 is 19.3 Å². The minimum absolute atomic E-state index is 0.0107. The second kappa shape index (κ2) is 5.43. The molecule has 0 radical (unpaired) electrons. The number of rotatable bonds is 6. The van der Waals surface area contributed by atoms with Crippen molar-refractivity contribution in [2.24, 2.45) is 10.8 Å². The molecule has 0 aromatic heterocycles. The van der Waals surface area contributed by atoms with Crippen molar-refractivity contribution in [3.05, 3.63) is 11.8 Å². The molecule has 0 aromatic carbocycles. The van der Waals surface area contributed by atoms with E-state index in [9.17, 15) is 5.11 Å². The van der Waals surface area contributed by atoms with Crippen LogP contribution in [0, 0.1) is 10.8 Å². The first-order valence-electron chi connectivity index (χ1n) is 6.98. The molecule has 0 unspecified atom stereocenters. The zero-order valence-corrected chi connectivity index (χ0v) is 12.4. The molecule has 0 aromatic rings. The monoisotopic (exact) mass is 270 g/mol. The number of allylic oxidation sites excluding steroid dienone is 1. The molecular weight excluding hydrogens is 244 g/mol. The van der Waals surface area contributed by atoms with Crippen LogP contribution in [-0.4, -0.2) is 38.8 Å². The second-order valence-electron chi connectivity index (χ2n) is 6.17. The van der Waals surface area contributed by atoms with Crippen LogP contribution in [0.15, 0.2) is 11.8 Å². The number of methoxy groups -OCH3 is 3. The SMILES string of the molecule is COC1=C[C@](C)(C2(C[C@H](O)OC)CC2)C[C@@H](OC)C1. The Morgan fingerprint density at radius 3 is 2.53 bits per heavy atom. The zero-order chi connectivity index (χ0) is 14.1. The van der Waals surface area contributed by atoms with Gasteiger partial charge in [-0.2, -0.15) is 0 Å². The third kappa shape index (κ3) is 2.81. The Labute approximate surface area is 115 Å². The lowest BCUT2D eigenvalue weighted by Crippen LogP contribution is -2.38. The Balaban J connectivity index is 2.20. The standard InChI is InChI=1S/C15H26O4/c1-14(15(5-6-15)10-13(16)19-4)8-11(17-2)7-12(9-14)18-3/h8,12-13,16H,5-7,9-10H2,1-4H3/t12-,13+,14-/m0/s1. The van der Waals surface area contributed by atoms with Crippen molar-refractivity contribution in [2.75, 3.05) is 21.3 Å². The van der Waals surface area contributed by atoms with E-state index in [0.29, 0.717) is 6.42 Å². The van der Waals surface area contributed by atoms with E-state index in [4.69, 9.17) is 14.2 Å². The summed E-state index contributed by atoms with van der Waals surface area (Å²) in [7, 11) is 5.03. The minimum Gasteiger partial charge on any atom is -0.501 e. The Hall–Kier alpha value is -0.580. The summed E-state index contributed by atoms with van der Waals surface area (Å²) in [4.78, 5) is 0. The summed E-state index contributed by atoms with van der Waals surface area (Å²) in [5.74, 6) is 0.999. The van der Waals surface area contributed by atoms with Crippen molar-refractivity contribution in [3.63, 3.8) is 0 Å². The van der Waals surface area contributed by atoms with Crippen LogP contribution >= 0.6 is 0 Å². The van der Waals surface area contributed by atoms with E-state index in [1.54, 1.807) is 21.3 Å². The summed E-state index contributed by atoms with van der Waals surface area (Å²) in [6.45, 7) is 2.26. The highest BCUT2D eigenvalue weighted by atomic mass is 16.6. The van der Waals surface area contributed by atoms with E-state index in [2.05, 4.69) is 13.0 Å². The van der Waals surface area contributed by atoms with Gasteiger partial charge in [0.05, 0.1) is 19.0 Å². The van der Waals surface area contributed by atoms with Crippen molar-refractivity contribution in [1.29, 1.82) is 0 Å². The lowest BCUT2D eigenvalue weighted by atomic mass is 9.66. The van der Waals surface area contributed by atoms with Crippen molar-refractivity contribution in [3.8, 4) is 0 Å². The molecule has 110 valence electrons. The summed E-state index contributed by atoms with van der Waals surface area (Å²) < 4.78 is 16.1. The predicted molar refractivity (Wildman–Crippen MR) is 72.5 cm³/mol. The number of aliphatic hydroxyl groups is 1. The van der Waals surface area contributed by atoms with Gasteiger partial charge in [0.2, 0.25) is 0 Å². The first kappa shape index (κ1) is 14.8. The van der Waals surface area contributed by atoms with E-state index in [-0.39, 0.29) is 16.9 Å². The van der Waals surface area contributed by atoms with Gasteiger partial charge in [-0.25, -0.2) is 0 Å². The van der Waals surface area contributed by atoms with E-state index >= 15 is 0 Å². The molecule has 19 heavy (non-hydrogen) atoms. The molecule has 1 N–H and O–H groups in total. The molecule has 3 atom stereocenters. The van der Waals surface area contributed by atoms with Gasteiger partial charge >= 0.3 is 0 Å². The normalized spacial score (nSPS) is 34.6. The molecule has 1 fully saturated rings. The number of aliphatic hydroxyl groups excluding tert-OH is 1. The van der Waals surface area contributed by atoms with Gasteiger partial charge in [0, 0.05) is 27.1 Å². The van der Waals surface area contributed by atoms with Crippen molar-refractivity contribution in [2.45, 2.75) is 51.4 Å². The molecule has 4 heteroatoms. The third-order valence-electron chi connectivity index (χ3n) is 5.06. The first-order valence-corrected chi connectivity index (χ1v) is 6.98. The number of hydrogen-bond donors (Lipinski definition) is 1. The van der Waals surface area contributed by atoms with Crippen LogP contribution in [0.5, 0.6) is 0 Å². The average Bonchev–Trinajstić information content (AvgIpc) is 3.19. The van der Waals surface area contributed by atoms with Crippen LogP contribution in [0.25, 0.3) is 0 Å². The van der Waals surface area contributed by atoms with Crippen LogP contribution < -0.4 is 0 Å². The molecule has 2 rings (SSSR count). The maximum Gasteiger partial charge on any atom is 0.154 e. The average molecular weight is 270 g/mol. The number of ether oxygens (including phenoxy) is 3. The molecule has 0 spiro atoms. The summed E-state index contributed by atoms with van der Waals surface area (Å²) in [5, 5.41) is 9.82. The molecular formula is C15H26O4. The maximum atomic E-state index is 9.82. The molecule has 2 aliphatic carbocycles. The van der Waals surface area contributed by atoms with Gasteiger partial charge in [0.25, 0.3) is 0 Å². The van der Waals surface area contributed by atoms with Gasteiger partial charge in [-0.3, -0.25) is 0 Å². The van der Waals surface area contributed by atoms with Gasteiger partial charge in [-0.1, -0.05) is 6.92 Å². The van der Waals surface area contributed by atoms with Gasteiger partial charge in [-0.05, 0) is 36.2 Å². The van der Waals surface area contributed by atoms with Gasteiger partial charge in [0.1, 0.15) is 0 Å². The second-order valence-corrected chi connectivity index (χ2v) is 6.17. The van der Waals surface area contributed by atoms with Gasteiger partial charge in [0.15, 0.2) is 6.29 Å². The van der Waals surface area contributed by atoms with E-state index in [1.165, 1.54) is 0 Å². The molecule has 4 nitrogen and oxygen atoms in total. The zero-order valence-electron chi connectivity index (χ0n) is 12.4. The molecule has 0 bridgehead atoms. The quantitative estimate of drug-likeness (QED) is 0.753. The fourth-order valence-corrected chi connectivity index (χ4v) is 3.50. The summed E-state index contributed by atoms with van der Waals surface area (Å²) >= 11 is 0. The van der Waals surface area contributed by atoms with Crippen LogP contribution in [0.3, 0.4) is 0 Å². The van der Waals surface area contributed by atoms with Crippen LogP contribution in [-0.2, 0) is 14.2 Å². The summed E-state index contributed by atoms with van der Waals surface area (Å²) in [5.41, 5.74) is 0.139. The van der Waals surface area contributed by atoms with E-state index < -0.39 is 6.29 Å².